The number of rotatable bonds is 8. The molecular formula is C38H39N3O5. The SMILES string of the molecule is CCOC(=O)/C=C(\c1ccc2ccccc2c1)n1ccc2cc(OCCc3ccc4c(n3)N(C(=O)OC(C)(C)C)CCC4)ccc21. The molecule has 5 aromatic rings. The Morgan fingerprint density at radius 2 is 1.76 bits per heavy atom. The van der Waals surface area contributed by atoms with Crippen molar-refractivity contribution in [3.8, 4) is 5.75 Å². The molecule has 0 spiro atoms. The predicted octanol–water partition coefficient (Wildman–Crippen LogP) is 7.95. The summed E-state index contributed by atoms with van der Waals surface area (Å²) >= 11 is 0. The fraction of sp³-hybridized carbons (Fsp3) is 0.289. The van der Waals surface area contributed by atoms with Gasteiger partial charge in [0.05, 0.1) is 24.4 Å². The summed E-state index contributed by atoms with van der Waals surface area (Å²) in [5, 5.41) is 3.20. The maximum atomic E-state index is 12.9. The molecule has 0 radical (unpaired) electrons. The summed E-state index contributed by atoms with van der Waals surface area (Å²) in [7, 11) is 0. The Bertz CT molecular complexity index is 1930. The zero-order valence-electron chi connectivity index (χ0n) is 26.8. The minimum atomic E-state index is -0.572. The van der Waals surface area contributed by atoms with Crippen molar-refractivity contribution >= 4 is 45.3 Å². The molecule has 1 amide bonds. The van der Waals surface area contributed by atoms with E-state index < -0.39 is 11.6 Å². The molecule has 0 bridgehead atoms. The second kappa shape index (κ2) is 13.1. The van der Waals surface area contributed by atoms with Gasteiger partial charge in [-0.2, -0.15) is 0 Å². The van der Waals surface area contributed by atoms with E-state index in [-0.39, 0.29) is 6.09 Å². The molecule has 8 heteroatoms. The van der Waals surface area contributed by atoms with Crippen LogP contribution in [0.15, 0.2) is 91.1 Å². The van der Waals surface area contributed by atoms with Crippen molar-refractivity contribution in [2.45, 2.75) is 52.6 Å². The molecule has 0 fully saturated rings. The largest absolute Gasteiger partial charge is 0.493 e. The first kappa shape index (κ1) is 30.9. The van der Waals surface area contributed by atoms with Gasteiger partial charge in [0.2, 0.25) is 0 Å². The lowest BCUT2D eigenvalue weighted by Crippen LogP contribution is -2.40. The Labute approximate surface area is 269 Å². The minimum Gasteiger partial charge on any atom is -0.493 e. The van der Waals surface area contributed by atoms with E-state index in [1.54, 1.807) is 17.9 Å². The first-order valence-electron chi connectivity index (χ1n) is 15.8. The van der Waals surface area contributed by atoms with Gasteiger partial charge in [0, 0.05) is 36.3 Å². The Hall–Kier alpha value is -5.11. The number of nitrogens with zero attached hydrogens (tertiary/aromatic N) is 3. The van der Waals surface area contributed by atoms with Crippen LogP contribution in [0.25, 0.3) is 27.4 Å². The number of pyridine rings is 1. The highest BCUT2D eigenvalue weighted by Crippen LogP contribution is 2.30. The summed E-state index contributed by atoms with van der Waals surface area (Å²) in [5.74, 6) is 1.02. The number of hydrogen-bond acceptors (Lipinski definition) is 6. The normalized spacial score (nSPS) is 13.5. The van der Waals surface area contributed by atoms with Crippen molar-refractivity contribution in [1.29, 1.82) is 0 Å². The molecule has 1 aliphatic heterocycles. The number of amides is 1. The van der Waals surface area contributed by atoms with Crippen molar-refractivity contribution in [1.82, 2.24) is 9.55 Å². The zero-order chi connectivity index (χ0) is 32.3. The monoisotopic (exact) mass is 617 g/mol. The highest BCUT2D eigenvalue weighted by molar-refractivity contribution is 5.97. The Morgan fingerprint density at radius 3 is 2.57 bits per heavy atom. The van der Waals surface area contributed by atoms with Crippen LogP contribution >= 0.6 is 0 Å². The second-order valence-electron chi connectivity index (χ2n) is 12.4. The summed E-state index contributed by atoms with van der Waals surface area (Å²) < 4.78 is 19.1. The molecule has 0 saturated heterocycles. The van der Waals surface area contributed by atoms with E-state index >= 15 is 0 Å². The van der Waals surface area contributed by atoms with E-state index in [2.05, 4.69) is 30.3 Å². The molecule has 2 aromatic heterocycles. The van der Waals surface area contributed by atoms with Crippen molar-refractivity contribution < 1.29 is 23.8 Å². The molecule has 6 rings (SSSR count). The van der Waals surface area contributed by atoms with Gasteiger partial charge >= 0.3 is 12.1 Å². The van der Waals surface area contributed by atoms with Crippen LogP contribution in [-0.4, -0.2) is 47.0 Å². The van der Waals surface area contributed by atoms with Gasteiger partial charge in [0.15, 0.2) is 0 Å². The number of ether oxygens (including phenoxy) is 3. The second-order valence-corrected chi connectivity index (χ2v) is 12.4. The van der Waals surface area contributed by atoms with Gasteiger partial charge in [-0.25, -0.2) is 14.6 Å². The lowest BCUT2D eigenvalue weighted by molar-refractivity contribution is -0.137. The van der Waals surface area contributed by atoms with Gasteiger partial charge in [-0.05, 0) is 98.8 Å². The van der Waals surface area contributed by atoms with Crippen LogP contribution in [0.1, 0.15) is 50.9 Å². The Kier molecular flexibility index (Phi) is 8.79. The quantitative estimate of drug-likeness (QED) is 0.130. The molecule has 236 valence electrons. The molecule has 0 aliphatic carbocycles. The third-order valence-corrected chi connectivity index (χ3v) is 7.85. The Morgan fingerprint density at radius 1 is 0.935 bits per heavy atom. The van der Waals surface area contributed by atoms with Crippen LogP contribution in [0.2, 0.25) is 0 Å². The maximum Gasteiger partial charge on any atom is 0.416 e. The number of aryl methyl sites for hydroxylation is 1. The highest BCUT2D eigenvalue weighted by Gasteiger charge is 2.28. The number of fused-ring (bicyclic) bond motifs is 3. The third-order valence-electron chi connectivity index (χ3n) is 7.85. The fourth-order valence-corrected chi connectivity index (χ4v) is 5.74. The van der Waals surface area contributed by atoms with Gasteiger partial charge in [-0.1, -0.05) is 42.5 Å². The van der Waals surface area contributed by atoms with Crippen LogP contribution in [0.5, 0.6) is 5.75 Å². The van der Waals surface area contributed by atoms with Gasteiger partial charge in [-0.15, -0.1) is 0 Å². The first-order valence-corrected chi connectivity index (χ1v) is 15.8. The number of anilines is 1. The van der Waals surface area contributed by atoms with Crippen molar-refractivity contribution in [3.05, 3.63) is 108 Å². The van der Waals surface area contributed by atoms with Gasteiger partial charge in [-0.3, -0.25) is 4.90 Å². The first-order chi connectivity index (χ1) is 22.2. The molecule has 0 atom stereocenters. The number of carbonyl (C=O) groups excluding carboxylic acids is 2. The standard InChI is InChI=1S/C38H39N3O5/c1-5-44-35(42)25-34(29-13-12-26-9-6-7-10-28(26)23-29)40-21-18-30-24-32(16-17-33(30)40)45-22-19-31-15-14-27-11-8-20-41(36(27)39-31)37(43)46-38(2,3)4/h6-7,9-10,12-18,21,23-25H,5,8,11,19-20,22H2,1-4H3/b34-25+. The smallest absolute Gasteiger partial charge is 0.416 e. The molecule has 0 unspecified atom stereocenters. The fourth-order valence-electron chi connectivity index (χ4n) is 5.74. The van der Waals surface area contributed by atoms with E-state index in [0.29, 0.717) is 32.0 Å². The summed E-state index contributed by atoms with van der Waals surface area (Å²) in [5.41, 5.74) is 3.91. The van der Waals surface area contributed by atoms with E-state index in [9.17, 15) is 9.59 Å². The van der Waals surface area contributed by atoms with E-state index in [4.69, 9.17) is 19.2 Å². The summed E-state index contributed by atoms with van der Waals surface area (Å²) in [4.78, 5) is 32.0. The van der Waals surface area contributed by atoms with Gasteiger partial charge < -0.3 is 18.8 Å². The van der Waals surface area contributed by atoms with Crippen molar-refractivity contribution in [2.24, 2.45) is 0 Å². The van der Waals surface area contributed by atoms with Crippen LogP contribution in [-0.2, 0) is 27.1 Å². The lowest BCUT2D eigenvalue weighted by atomic mass is 10.0. The van der Waals surface area contributed by atoms with Crippen LogP contribution in [0.4, 0.5) is 10.6 Å². The molecular weight excluding hydrogens is 578 g/mol. The minimum absolute atomic E-state index is 0.302. The zero-order valence-corrected chi connectivity index (χ0v) is 26.8. The highest BCUT2D eigenvalue weighted by atomic mass is 16.6. The van der Waals surface area contributed by atoms with Crippen molar-refractivity contribution in [3.63, 3.8) is 0 Å². The number of benzene rings is 3. The molecule has 8 nitrogen and oxygen atoms in total. The molecule has 46 heavy (non-hydrogen) atoms. The molecule has 3 heterocycles. The average Bonchev–Trinajstić information content (AvgIpc) is 3.45. The maximum absolute atomic E-state index is 12.9. The van der Waals surface area contributed by atoms with Gasteiger partial charge in [0.25, 0.3) is 0 Å². The Balaban J connectivity index is 1.19. The average molecular weight is 618 g/mol. The number of aromatic nitrogens is 2. The number of esters is 1. The van der Waals surface area contributed by atoms with Crippen LogP contribution in [0.3, 0.4) is 0 Å². The topological polar surface area (TPSA) is 82.9 Å². The third kappa shape index (κ3) is 6.91. The molecule has 0 saturated carbocycles. The van der Waals surface area contributed by atoms with E-state index in [0.717, 1.165) is 62.8 Å². The van der Waals surface area contributed by atoms with Crippen LogP contribution in [0, 0.1) is 0 Å². The lowest BCUT2D eigenvalue weighted by Gasteiger charge is -2.31. The molecule has 1 aliphatic rings. The number of hydrogen-bond donors (Lipinski definition) is 0. The number of carbonyl (C=O) groups is 2. The van der Waals surface area contributed by atoms with Crippen molar-refractivity contribution in [2.75, 3.05) is 24.7 Å². The van der Waals surface area contributed by atoms with E-state index in [1.807, 2.05) is 80.1 Å². The summed E-state index contributed by atoms with van der Waals surface area (Å²) in [6, 6.07) is 26.3. The van der Waals surface area contributed by atoms with Crippen LogP contribution < -0.4 is 9.64 Å². The van der Waals surface area contributed by atoms with Gasteiger partial charge in [0.1, 0.15) is 17.2 Å². The molecule has 3 aromatic carbocycles. The molecule has 0 N–H and O–H groups in total. The summed E-state index contributed by atoms with van der Waals surface area (Å²) in [6.07, 6.45) is 5.49. The predicted molar refractivity (Wildman–Crippen MR) is 181 cm³/mol. The summed E-state index contributed by atoms with van der Waals surface area (Å²) in [6.45, 7) is 8.72. The van der Waals surface area contributed by atoms with E-state index in [1.165, 1.54) is 0 Å².